The summed E-state index contributed by atoms with van der Waals surface area (Å²) >= 11 is 0. The monoisotopic (exact) mass is 622 g/mol. The minimum absolute atomic E-state index is 0.0159. The number of imide groups is 1. The van der Waals surface area contributed by atoms with Gasteiger partial charge in [0.1, 0.15) is 33.1 Å². The largest absolute Gasteiger partial charge is 0.507 e. The van der Waals surface area contributed by atoms with Crippen LogP contribution in [0.15, 0.2) is 68.7 Å². The Kier molecular flexibility index (Phi) is 8.61. The van der Waals surface area contributed by atoms with Crippen molar-refractivity contribution in [2.75, 3.05) is 34.4 Å². The van der Waals surface area contributed by atoms with Crippen molar-refractivity contribution in [2.45, 2.75) is 24.2 Å². The molecule has 1 aromatic heterocycles. The molecule has 0 saturated carbocycles. The van der Waals surface area contributed by atoms with Crippen molar-refractivity contribution >= 4 is 32.8 Å². The van der Waals surface area contributed by atoms with E-state index in [1.165, 1.54) is 56.6 Å². The molecule has 0 bridgehead atoms. The highest BCUT2D eigenvalue weighted by molar-refractivity contribution is 7.89. The summed E-state index contributed by atoms with van der Waals surface area (Å²) in [6.45, 7) is 0.322. The third-order valence-electron chi connectivity index (χ3n) is 7.29. The van der Waals surface area contributed by atoms with Crippen LogP contribution < -0.4 is 24.4 Å². The quantitative estimate of drug-likeness (QED) is 0.175. The smallest absolute Gasteiger partial charge is 0.261 e. The van der Waals surface area contributed by atoms with Gasteiger partial charge in [0, 0.05) is 30.8 Å². The summed E-state index contributed by atoms with van der Waals surface area (Å²) in [6.07, 6.45) is 1.51. The summed E-state index contributed by atoms with van der Waals surface area (Å²) in [7, 11) is -0.104. The lowest BCUT2D eigenvalue weighted by Crippen LogP contribution is -2.31. The zero-order valence-corrected chi connectivity index (χ0v) is 25.0. The van der Waals surface area contributed by atoms with Gasteiger partial charge in [-0.2, -0.15) is 0 Å². The van der Waals surface area contributed by atoms with E-state index in [9.17, 15) is 27.9 Å². The molecule has 0 fully saturated rings. The summed E-state index contributed by atoms with van der Waals surface area (Å²) in [5.74, 6) is -0.971. The highest BCUT2D eigenvalue weighted by atomic mass is 32.2. The van der Waals surface area contributed by atoms with Gasteiger partial charge in [-0.05, 0) is 43.2 Å². The number of phenolic OH excluding ortho intramolecular Hbond substituents is 1. The van der Waals surface area contributed by atoms with Crippen molar-refractivity contribution in [1.29, 1.82) is 0 Å². The Morgan fingerprint density at radius 1 is 0.864 bits per heavy atom. The number of ether oxygens (including phenoxy) is 3. The van der Waals surface area contributed by atoms with Gasteiger partial charge in [-0.15, -0.1) is 0 Å². The van der Waals surface area contributed by atoms with Gasteiger partial charge in [0.05, 0.1) is 32.5 Å². The van der Waals surface area contributed by atoms with E-state index in [-0.39, 0.29) is 75.1 Å². The maximum Gasteiger partial charge on any atom is 0.261 e. The van der Waals surface area contributed by atoms with Crippen molar-refractivity contribution in [3.8, 4) is 34.3 Å². The summed E-state index contributed by atoms with van der Waals surface area (Å²) < 4.78 is 51.0. The van der Waals surface area contributed by atoms with E-state index in [1.54, 1.807) is 24.3 Å². The number of methoxy groups -OCH3 is 3. The summed E-state index contributed by atoms with van der Waals surface area (Å²) in [5.41, 5.74) is 0.357. The first-order valence-corrected chi connectivity index (χ1v) is 15.1. The molecule has 4 aromatic rings. The van der Waals surface area contributed by atoms with Gasteiger partial charge in [0.25, 0.3) is 11.8 Å². The number of nitrogens with zero attached hydrogens (tertiary/aromatic N) is 1. The number of benzene rings is 3. The van der Waals surface area contributed by atoms with Crippen LogP contribution in [0, 0.1) is 0 Å². The zero-order valence-electron chi connectivity index (χ0n) is 24.2. The summed E-state index contributed by atoms with van der Waals surface area (Å²) in [5, 5.41) is 10.3. The lowest BCUT2D eigenvalue weighted by molar-refractivity contribution is 0.0651. The molecule has 0 atom stereocenters. The van der Waals surface area contributed by atoms with Gasteiger partial charge < -0.3 is 23.7 Å². The topological polar surface area (TPSA) is 162 Å². The first-order chi connectivity index (χ1) is 21.1. The fraction of sp³-hybridized carbons (Fsp3) is 0.258. The molecule has 13 heteroatoms. The molecule has 2 amide bonds. The number of rotatable bonds is 12. The van der Waals surface area contributed by atoms with Gasteiger partial charge in [-0.25, -0.2) is 13.1 Å². The Labute approximate surface area is 252 Å². The number of unbranched alkanes of at least 4 members (excludes halogenated alkanes) is 2. The number of amides is 2. The number of hydrogen-bond donors (Lipinski definition) is 2. The maximum atomic E-state index is 13.3. The zero-order chi connectivity index (χ0) is 31.6. The number of fused-ring (bicyclic) bond motifs is 2. The predicted molar refractivity (Wildman–Crippen MR) is 160 cm³/mol. The highest BCUT2D eigenvalue weighted by Gasteiger charge is 2.34. The molecule has 2 heterocycles. The van der Waals surface area contributed by atoms with Crippen molar-refractivity contribution in [3.05, 3.63) is 75.9 Å². The molecule has 0 spiro atoms. The van der Waals surface area contributed by atoms with Crippen LogP contribution in [-0.2, 0) is 10.0 Å². The molecule has 0 aliphatic carbocycles. The Morgan fingerprint density at radius 3 is 2.20 bits per heavy atom. The number of carbonyl (C=O) groups is 2. The van der Waals surface area contributed by atoms with Gasteiger partial charge in [-0.3, -0.25) is 19.3 Å². The summed E-state index contributed by atoms with van der Waals surface area (Å²) in [6, 6.07) is 13.6. The van der Waals surface area contributed by atoms with Crippen molar-refractivity contribution in [3.63, 3.8) is 0 Å². The van der Waals surface area contributed by atoms with Crippen LogP contribution >= 0.6 is 0 Å². The van der Waals surface area contributed by atoms with E-state index in [4.69, 9.17) is 18.6 Å². The van der Waals surface area contributed by atoms with Crippen LogP contribution in [0.25, 0.3) is 22.3 Å². The third-order valence-corrected chi connectivity index (χ3v) is 8.77. The molecule has 3 aromatic carbocycles. The number of nitrogens with one attached hydrogen (secondary N) is 1. The van der Waals surface area contributed by atoms with E-state index >= 15 is 0 Å². The predicted octanol–water partition coefficient (Wildman–Crippen LogP) is 3.94. The van der Waals surface area contributed by atoms with Gasteiger partial charge in [0.15, 0.2) is 5.76 Å². The van der Waals surface area contributed by atoms with E-state index in [2.05, 4.69) is 4.72 Å². The standard InChI is InChI=1S/C31H30N2O10S/c1-40-19-16-22(34)26-24(17-19)43-28(29(42-3)27(26)35)18-11-12-23(41-2)25(15-18)44(38,39)32-13-7-4-8-14-33-30(36)20-9-5-6-10-21(20)31(33)37/h5-6,9-12,15-17,32,34H,4,7-8,13-14H2,1-3H3. The minimum Gasteiger partial charge on any atom is -0.507 e. The summed E-state index contributed by atoms with van der Waals surface area (Å²) in [4.78, 5) is 39.3. The van der Waals surface area contributed by atoms with Gasteiger partial charge in [-0.1, -0.05) is 18.6 Å². The average molecular weight is 623 g/mol. The molecule has 12 nitrogen and oxygen atoms in total. The lowest BCUT2D eigenvalue weighted by atomic mass is 10.1. The van der Waals surface area contributed by atoms with Crippen LogP contribution in [0.1, 0.15) is 40.0 Å². The molecular formula is C31H30N2O10S. The van der Waals surface area contributed by atoms with Crippen LogP contribution in [0.5, 0.6) is 23.0 Å². The van der Waals surface area contributed by atoms with E-state index < -0.39 is 15.5 Å². The normalized spacial score (nSPS) is 12.9. The fourth-order valence-corrected chi connectivity index (χ4v) is 6.34. The van der Waals surface area contributed by atoms with Crippen molar-refractivity contribution < 1.29 is 41.7 Å². The number of hydrogen-bond acceptors (Lipinski definition) is 10. The number of phenols is 1. The van der Waals surface area contributed by atoms with Crippen LogP contribution in [0.2, 0.25) is 0 Å². The van der Waals surface area contributed by atoms with E-state index in [1.807, 2.05) is 0 Å². The minimum atomic E-state index is -4.09. The van der Waals surface area contributed by atoms with Crippen LogP contribution in [0.4, 0.5) is 0 Å². The number of carbonyl (C=O) groups excluding carboxylic acids is 2. The first-order valence-electron chi connectivity index (χ1n) is 13.7. The maximum absolute atomic E-state index is 13.3. The Balaban J connectivity index is 1.31. The molecule has 1 aliphatic heterocycles. The molecule has 0 saturated heterocycles. The lowest BCUT2D eigenvalue weighted by Gasteiger charge is -2.15. The third kappa shape index (κ3) is 5.58. The number of sulfonamides is 1. The second kappa shape index (κ2) is 12.4. The average Bonchev–Trinajstić information content (AvgIpc) is 3.26. The Hall–Kier alpha value is -4.88. The van der Waals surface area contributed by atoms with Crippen molar-refractivity contribution in [1.82, 2.24) is 9.62 Å². The van der Waals surface area contributed by atoms with Crippen molar-refractivity contribution in [2.24, 2.45) is 0 Å². The van der Waals surface area contributed by atoms with Gasteiger partial charge >= 0.3 is 0 Å². The SMILES string of the molecule is COc1cc(O)c2c(=O)c(OC)c(-c3ccc(OC)c(S(=O)(=O)NCCCCCN4C(=O)c5ccccc5C4=O)c3)oc2c1. The van der Waals surface area contributed by atoms with Crippen LogP contribution in [0.3, 0.4) is 0 Å². The van der Waals surface area contributed by atoms with E-state index in [0.29, 0.717) is 30.4 Å². The Morgan fingerprint density at radius 2 is 1.57 bits per heavy atom. The molecule has 230 valence electrons. The molecule has 0 radical (unpaired) electrons. The first kappa shape index (κ1) is 30.6. The Bertz CT molecular complexity index is 1900. The molecule has 44 heavy (non-hydrogen) atoms. The fourth-order valence-electron chi connectivity index (χ4n) is 5.08. The molecule has 2 N–H and O–H groups in total. The second-order valence-electron chi connectivity index (χ2n) is 9.94. The molecular weight excluding hydrogens is 592 g/mol. The van der Waals surface area contributed by atoms with E-state index in [0.717, 1.165) is 0 Å². The molecule has 5 rings (SSSR count). The second-order valence-corrected chi connectivity index (χ2v) is 11.7. The van der Waals surface area contributed by atoms with Crippen LogP contribution in [-0.4, -0.2) is 64.7 Å². The highest BCUT2D eigenvalue weighted by Crippen LogP contribution is 2.38. The molecule has 1 aliphatic rings. The number of aromatic hydroxyl groups is 1. The van der Waals surface area contributed by atoms with Gasteiger partial charge in [0.2, 0.25) is 21.2 Å². The molecule has 0 unspecified atom stereocenters.